The number of carbonyl (C=O) groups excluding carboxylic acids is 1. The van der Waals surface area contributed by atoms with Gasteiger partial charge >= 0.3 is 0 Å². The number of benzene rings is 1. The highest BCUT2D eigenvalue weighted by Crippen LogP contribution is 2.41. The van der Waals surface area contributed by atoms with Gasteiger partial charge in [-0.25, -0.2) is 5.43 Å². The standard InChI is InChI=1S/C21H25N3O3/c1-26-18-7-6-17(14-19(18)27-2)21(10-4-3-5-11-21)15-23-24-20(25)16-8-12-22-13-9-16/h6-9,12-15H,3-5,10-11H2,1-2H3,(H,24,25)/b23-15-. The summed E-state index contributed by atoms with van der Waals surface area (Å²) in [6, 6.07) is 9.32. The van der Waals surface area contributed by atoms with Crippen molar-refractivity contribution >= 4 is 12.1 Å². The van der Waals surface area contributed by atoms with E-state index < -0.39 is 0 Å². The van der Waals surface area contributed by atoms with Crippen molar-refractivity contribution in [1.29, 1.82) is 0 Å². The Hall–Kier alpha value is -2.89. The van der Waals surface area contributed by atoms with E-state index in [1.807, 2.05) is 18.3 Å². The van der Waals surface area contributed by atoms with E-state index in [0.29, 0.717) is 17.1 Å². The number of nitrogens with one attached hydrogen (secondary N) is 1. The molecule has 0 spiro atoms. The molecule has 27 heavy (non-hydrogen) atoms. The Bertz CT molecular complexity index is 800. The molecule has 142 valence electrons. The topological polar surface area (TPSA) is 72.8 Å². The van der Waals surface area contributed by atoms with Crippen LogP contribution in [0.25, 0.3) is 0 Å². The zero-order valence-electron chi connectivity index (χ0n) is 15.8. The average Bonchev–Trinajstić information content (AvgIpc) is 2.74. The highest BCUT2D eigenvalue weighted by molar-refractivity contribution is 5.94. The van der Waals surface area contributed by atoms with Gasteiger partial charge < -0.3 is 9.47 Å². The fourth-order valence-electron chi connectivity index (χ4n) is 3.60. The second-order valence-electron chi connectivity index (χ2n) is 6.72. The average molecular weight is 367 g/mol. The predicted molar refractivity (Wildman–Crippen MR) is 105 cm³/mol. The van der Waals surface area contributed by atoms with Gasteiger partial charge in [0.15, 0.2) is 11.5 Å². The van der Waals surface area contributed by atoms with Crippen LogP contribution in [0.2, 0.25) is 0 Å². The van der Waals surface area contributed by atoms with Gasteiger partial charge in [0.1, 0.15) is 0 Å². The maximum atomic E-state index is 12.2. The maximum absolute atomic E-state index is 12.2. The molecule has 1 heterocycles. The van der Waals surface area contributed by atoms with E-state index in [2.05, 4.69) is 21.6 Å². The van der Waals surface area contributed by atoms with Crippen molar-refractivity contribution < 1.29 is 14.3 Å². The lowest BCUT2D eigenvalue weighted by Crippen LogP contribution is -2.32. The molecule has 0 aliphatic heterocycles. The van der Waals surface area contributed by atoms with Crippen molar-refractivity contribution in [3.63, 3.8) is 0 Å². The number of ether oxygens (including phenoxy) is 2. The Kier molecular flexibility index (Phi) is 6.06. The number of pyridine rings is 1. The molecule has 0 atom stereocenters. The van der Waals surface area contributed by atoms with Crippen LogP contribution in [0, 0.1) is 0 Å². The first-order chi connectivity index (χ1) is 13.2. The molecule has 1 saturated carbocycles. The minimum atomic E-state index is -0.244. The minimum absolute atomic E-state index is 0.219. The monoisotopic (exact) mass is 367 g/mol. The fraction of sp³-hybridized carbons (Fsp3) is 0.381. The Labute approximate surface area is 159 Å². The number of nitrogens with zero attached hydrogens (tertiary/aromatic N) is 2. The number of hydrazone groups is 1. The lowest BCUT2D eigenvalue weighted by atomic mass is 9.70. The molecule has 1 fully saturated rings. The lowest BCUT2D eigenvalue weighted by Gasteiger charge is -2.34. The van der Waals surface area contributed by atoms with Crippen molar-refractivity contribution in [2.24, 2.45) is 5.10 Å². The number of amides is 1. The van der Waals surface area contributed by atoms with E-state index in [4.69, 9.17) is 9.47 Å². The van der Waals surface area contributed by atoms with Crippen molar-refractivity contribution in [3.8, 4) is 11.5 Å². The first kappa shape index (κ1) is 18.9. The quantitative estimate of drug-likeness (QED) is 0.624. The smallest absolute Gasteiger partial charge is 0.271 e. The van der Waals surface area contributed by atoms with Crippen molar-refractivity contribution in [3.05, 3.63) is 53.9 Å². The summed E-state index contributed by atoms with van der Waals surface area (Å²) in [4.78, 5) is 16.1. The van der Waals surface area contributed by atoms with Crippen LogP contribution in [-0.2, 0) is 5.41 Å². The van der Waals surface area contributed by atoms with Crippen LogP contribution in [0.15, 0.2) is 47.8 Å². The van der Waals surface area contributed by atoms with Gasteiger partial charge in [-0.3, -0.25) is 9.78 Å². The molecule has 1 N–H and O–H groups in total. The maximum Gasteiger partial charge on any atom is 0.271 e. The molecule has 6 nitrogen and oxygen atoms in total. The van der Waals surface area contributed by atoms with Gasteiger partial charge in [0.25, 0.3) is 5.91 Å². The summed E-state index contributed by atoms with van der Waals surface area (Å²) in [7, 11) is 3.27. The molecule has 6 heteroatoms. The van der Waals surface area contributed by atoms with Crippen molar-refractivity contribution in [1.82, 2.24) is 10.4 Å². The molecule has 0 bridgehead atoms. The number of hydrogen-bond acceptors (Lipinski definition) is 5. The third-order valence-corrected chi connectivity index (χ3v) is 5.12. The summed E-state index contributed by atoms with van der Waals surface area (Å²) < 4.78 is 10.8. The normalized spacial score (nSPS) is 16.1. The summed E-state index contributed by atoms with van der Waals surface area (Å²) in [5.41, 5.74) is 4.08. The summed E-state index contributed by atoms with van der Waals surface area (Å²) in [5.74, 6) is 1.16. The van der Waals surface area contributed by atoms with Crippen LogP contribution in [-0.4, -0.2) is 31.3 Å². The van der Waals surface area contributed by atoms with E-state index in [1.54, 1.807) is 38.7 Å². The number of hydrogen-bond donors (Lipinski definition) is 1. The SMILES string of the molecule is COc1ccc(C2(/C=N\NC(=O)c3ccncc3)CCCCC2)cc1OC. The first-order valence-electron chi connectivity index (χ1n) is 9.15. The molecule has 3 rings (SSSR count). The van der Waals surface area contributed by atoms with Gasteiger partial charge in [-0.15, -0.1) is 0 Å². The van der Waals surface area contributed by atoms with Gasteiger partial charge in [-0.05, 0) is 42.7 Å². The Morgan fingerprint density at radius 1 is 1.07 bits per heavy atom. The van der Waals surface area contributed by atoms with E-state index >= 15 is 0 Å². The highest BCUT2D eigenvalue weighted by atomic mass is 16.5. The predicted octanol–water partition coefficient (Wildman–Crippen LogP) is 3.72. The number of methoxy groups -OCH3 is 2. The summed E-state index contributed by atoms with van der Waals surface area (Å²) in [5, 5.41) is 4.30. The molecule has 0 unspecified atom stereocenters. The van der Waals surface area contributed by atoms with Crippen LogP contribution in [0.5, 0.6) is 11.5 Å². The Balaban J connectivity index is 1.84. The van der Waals surface area contributed by atoms with Crippen LogP contribution in [0.4, 0.5) is 0 Å². The van der Waals surface area contributed by atoms with Gasteiger partial charge in [0.2, 0.25) is 0 Å². The highest BCUT2D eigenvalue weighted by Gasteiger charge is 2.33. The van der Waals surface area contributed by atoms with E-state index in [-0.39, 0.29) is 11.3 Å². The molecule has 1 aliphatic carbocycles. The minimum Gasteiger partial charge on any atom is -0.493 e. The molecule has 1 amide bonds. The fourth-order valence-corrected chi connectivity index (χ4v) is 3.60. The molecule has 1 aromatic carbocycles. The molecule has 0 saturated heterocycles. The van der Waals surface area contributed by atoms with Crippen LogP contribution < -0.4 is 14.9 Å². The lowest BCUT2D eigenvalue weighted by molar-refractivity contribution is 0.0954. The molecular formula is C21H25N3O3. The van der Waals surface area contributed by atoms with E-state index in [0.717, 1.165) is 31.2 Å². The van der Waals surface area contributed by atoms with Gasteiger partial charge in [-0.2, -0.15) is 5.10 Å². The molecule has 1 aromatic heterocycles. The van der Waals surface area contributed by atoms with Gasteiger partial charge in [0.05, 0.1) is 14.2 Å². The Morgan fingerprint density at radius 3 is 2.44 bits per heavy atom. The molecule has 0 radical (unpaired) electrons. The molecular weight excluding hydrogens is 342 g/mol. The largest absolute Gasteiger partial charge is 0.493 e. The number of rotatable bonds is 6. The van der Waals surface area contributed by atoms with Crippen molar-refractivity contribution in [2.45, 2.75) is 37.5 Å². The van der Waals surface area contributed by atoms with E-state index in [1.165, 1.54) is 6.42 Å². The van der Waals surface area contributed by atoms with E-state index in [9.17, 15) is 4.79 Å². The Morgan fingerprint density at radius 2 is 1.78 bits per heavy atom. The van der Waals surface area contributed by atoms with Gasteiger partial charge in [0, 0.05) is 29.6 Å². The summed E-state index contributed by atoms with van der Waals surface area (Å²) in [6.45, 7) is 0. The summed E-state index contributed by atoms with van der Waals surface area (Å²) >= 11 is 0. The zero-order valence-corrected chi connectivity index (χ0v) is 15.8. The molecule has 2 aromatic rings. The number of aromatic nitrogens is 1. The molecule has 1 aliphatic rings. The van der Waals surface area contributed by atoms with Crippen LogP contribution in [0.1, 0.15) is 48.0 Å². The third kappa shape index (κ3) is 4.27. The van der Waals surface area contributed by atoms with Crippen LogP contribution >= 0.6 is 0 Å². The second-order valence-corrected chi connectivity index (χ2v) is 6.72. The number of carbonyl (C=O) groups is 1. The summed E-state index contributed by atoms with van der Waals surface area (Å²) in [6.07, 6.45) is 10.5. The first-order valence-corrected chi connectivity index (χ1v) is 9.15. The van der Waals surface area contributed by atoms with Crippen LogP contribution in [0.3, 0.4) is 0 Å². The van der Waals surface area contributed by atoms with Gasteiger partial charge in [-0.1, -0.05) is 25.3 Å². The zero-order chi connectivity index (χ0) is 19.1. The van der Waals surface area contributed by atoms with Crippen molar-refractivity contribution in [2.75, 3.05) is 14.2 Å². The second kappa shape index (κ2) is 8.66. The third-order valence-electron chi connectivity index (χ3n) is 5.12.